The van der Waals surface area contributed by atoms with Crippen molar-refractivity contribution in [1.29, 1.82) is 0 Å². The highest BCUT2D eigenvalue weighted by molar-refractivity contribution is 7.11. The Morgan fingerprint density at radius 2 is 2.16 bits per heavy atom. The number of guanidine groups is 1. The molecule has 0 aliphatic carbocycles. The first-order chi connectivity index (χ1) is 12.1. The molecule has 0 bridgehead atoms. The SMILES string of the molecule is CCNC(=NCC(C)Oc1cccc(C)c1)NCCc1ncc(C)s1. The Bertz CT molecular complexity index is 684. The average Bonchev–Trinajstić information content (AvgIpc) is 2.98. The van der Waals surface area contributed by atoms with Gasteiger partial charge in [0.15, 0.2) is 5.96 Å². The maximum absolute atomic E-state index is 5.93. The standard InChI is InChI=1S/C19H28N4OS/c1-5-20-19(21-10-9-18-22-13-16(4)25-18)23-12-15(3)24-17-8-6-7-14(2)11-17/h6-8,11,13,15H,5,9-10,12H2,1-4H3,(H2,20,21,23). The van der Waals surface area contributed by atoms with Crippen LogP contribution < -0.4 is 15.4 Å². The van der Waals surface area contributed by atoms with Crippen molar-refractivity contribution < 1.29 is 4.74 Å². The van der Waals surface area contributed by atoms with E-state index in [1.54, 1.807) is 11.3 Å². The smallest absolute Gasteiger partial charge is 0.191 e. The molecule has 6 heteroatoms. The monoisotopic (exact) mass is 360 g/mol. The minimum absolute atomic E-state index is 0.0128. The summed E-state index contributed by atoms with van der Waals surface area (Å²) in [5.74, 6) is 1.70. The van der Waals surface area contributed by atoms with E-state index in [4.69, 9.17) is 4.74 Å². The summed E-state index contributed by atoms with van der Waals surface area (Å²) in [6.07, 6.45) is 2.83. The summed E-state index contributed by atoms with van der Waals surface area (Å²) in [6.45, 7) is 10.5. The van der Waals surface area contributed by atoms with Crippen LogP contribution in [0.3, 0.4) is 0 Å². The molecule has 1 unspecified atom stereocenters. The van der Waals surface area contributed by atoms with Crippen LogP contribution in [0.15, 0.2) is 35.5 Å². The predicted molar refractivity (Wildman–Crippen MR) is 106 cm³/mol. The third-order valence-electron chi connectivity index (χ3n) is 3.48. The van der Waals surface area contributed by atoms with E-state index in [1.807, 2.05) is 31.3 Å². The van der Waals surface area contributed by atoms with E-state index in [9.17, 15) is 0 Å². The summed E-state index contributed by atoms with van der Waals surface area (Å²) in [5, 5.41) is 7.78. The average molecular weight is 361 g/mol. The van der Waals surface area contributed by atoms with Gasteiger partial charge in [-0.2, -0.15) is 0 Å². The Balaban J connectivity index is 1.81. The van der Waals surface area contributed by atoms with Crippen LogP contribution in [0.25, 0.3) is 0 Å². The van der Waals surface area contributed by atoms with Crippen molar-refractivity contribution in [2.45, 2.75) is 40.2 Å². The summed E-state index contributed by atoms with van der Waals surface area (Å²) in [4.78, 5) is 10.3. The molecule has 0 amide bonds. The minimum atomic E-state index is 0.0128. The maximum atomic E-state index is 5.93. The molecule has 25 heavy (non-hydrogen) atoms. The highest BCUT2D eigenvalue weighted by atomic mass is 32.1. The van der Waals surface area contributed by atoms with Gasteiger partial charge in [0.1, 0.15) is 11.9 Å². The zero-order valence-electron chi connectivity index (χ0n) is 15.5. The fourth-order valence-corrected chi connectivity index (χ4v) is 3.11. The van der Waals surface area contributed by atoms with Gasteiger partial charge in [-0.15, -0.1) is 11.3 Å². The van der Waals surface area contributed by atoms with E-state index in [2.05, 4.69) is 47.4 Å². The largest absolute Gasteiger partial charge is 0.489 e. The number of hydrogen-bond donors (Lipinski definition) is 2. The number of aliphatic imine (C=N–C) groups is 1. The number of nitrogens with zero attached hydrogens (tertiary/aromatic N) is 2. The summed E-state index contributed by atoms with van der Waals surface area (Å²) < 4.78 is 5.93. The Morgan fingerprint density at radius 1 is 1.32 bits per heavy atom. The van der Waals surface area contributed by atoms with Crippen LogP contribution >= 0.6 is 11.3 Å². The lowest BCUT2D eigenvalue weighted by Crippen LogP contribution is -2.39. The second-order valence-corrected chi connectivity index (χ2v) is 7.33. The highest BCUT2D eigenvalue weighted by Crippen LogP contribution is 2.14. The van der Waals surface area contributed by atoms with Crippen molar-refractivity contribution >= 4 is 17.3 Å². The quantitative estimate of drug-likeness (QED) is 0.560. The number of nitrogens with one attached hydrogen (secondary N) is 2. The molecule has 5 nitrogen and oxygen atoms in total. The van der Waals surface area contributed by atoms with Crippen LogP contribution in [-0.2, 0) is 6.42 Å². The second kappa shape index (κ2) is 10.0. The van der Waals surface area contributed by atoms with E-state index >= 15 is 0 Å². The predicted octanol–water partition coefficient (Wildman–Crippen LogP) is 3.33. The van der Waals surface area contributed by atoms with Crippen molar-refractivity contribution in [3.05, 3.63) is 45.9 Å². The van der Waals surface area contributed by atoms with Gasteiger partial charge in [-0.3, -0.25) is 0 Å². The molecule has 0 aliphatic rings. The summed E-state index contributed by atoms with van der Waals surface area (Å²) >= 11 is 1.74. The first kappa shape index (κ1) is 19.2. The zero-order chi connectivity index (χ0) is 18.1. The van der Waals surface area contributed by atoms with Gasteiger partial charge in [-0.05, 0) is 45.4 Å². The number of ether oxygens (including phenoxy) is 1. The molecule has 1 heterocycles. The first-order valence-corrected chi connectivity index (χ1v) is 9.55. The summed E-state index contributed by atoms with van der Waals surface area (Å²) in [7, 11) is 0. The lowest BCUT2D eigenvalue weighted by atomic mass is 10.2. The lowest BCUT2D eigenvalue weighted by Gasteiger charge is -2.15. The van der Waals surface area contributed by atoms with Crippen molar-refractivity contribution in [3.63, 3.8) is 0 Å². The van der Waals surface area contributed by atoms with Crippen LogP contribution in [0.4, 0.5) is 0 Å². The van der Waals surface area contributed by atoms with Gasteiger partial charge in [0.25, 0.3) is 0 Å². The molecular weight excluding hydrogens is 332 g/mol. The molecular formula is C19H28N4OS. The van der Waals surface area contributed by atoms with Crippen molar-refractivity contribution in [2.24, 2.45) is 4.99 Å². The lowest BCUT2D eigenvalue weighted by molar-refractivity contribution is 0.230. The Morgan fingerprint density at radius 3 is 2.84 bits per heavy atom. The fourth-order valence-electron chi connectivity index (χ4n) is 2.32. The molecule has 1 aromatic carbocycles. The molecule has 1 aromatic heterocycles. The van der Waals surface area contributed by atoms with Gasteiger partial charge in [-0.1, -0.05) is 12.1 Å². The van der Waals surface area contributed by atoms with Gasteiger partial charge >= 0.3 is 0 Å². The van der Waals surface area contributed by atoms with Gasteiger partial charge in [0.2, 0.25) is 0 Å². The molecule has 136 valence electrons. The van der Waals surface area contributed by atoms with Crippen LogP contribution in [0.5, 0.6) is 5.75 Å². The van der Waals surface area contributed by atoms with E-state index in [0.717, 1.165) is 36.2 Å². The molecule has 0 saturated heterocycles. The number of rotatable bonds is 8. The topological polar surface area (TPSA) is 58.5 Å². The first-order valence-electron chi connectivity index (χ1n) is 8.73. The summed E-state index contributed by atoms with van der Waals surface area (Å²) in [5.41, 5.74) is 1.20. The Kier molecular flexibility index (Phi) is 7.73. The number of hydrogen-bond acceptors (Lipinski definition) is 4. The molecule has 2 N–H and O–H groups in total. The second-order valence-electron chi connectivity index (χ2n) is 6.01. The number of thiazole rings is 1. The molecule has 0 fully saturated rings. The van der Waals surface area contributed by atoms with Gasteiger partial charge in [0, 0.05) is 30.6 Å². The Labute approximate surface area is 154 Å². The molecule has 0 spiro atoms. The van der Waals surface area contributed by atoms with E-state index in [-0.39, 0.29) is 6.10 Å². The van der Waals surface area contributed by atoms with Gasteiger partial charge < -0.3 is 15.4 Å². The van der Waals surface area contributed by atoms with Crippen molar-refractivity contribution in [1.82, 2.24) is 15.6 Å². The third-order valence-corrected chi connectivity index (χ3v) is 4.45. The normalized spacial score (nSPS) is 12.7. The van der Waals surface area contributed by atoms with Crippen LogP contribution in [0.1, 0.15) is 29.3 Å². The zero-order valence-corrected chi connectivity index (χ0v) is 16.3. The molecule has 0 radical (unpaired) electrons. The van der Waals surface area contributed by atoms with E-state index < -0.39 is 0 Å². The van der Waals surface area contributed by atoms with Crippen LogP contribution in [0.2, 0.25) is 0 Å². The maximum Gasteiger partial charge on any atom is 0.191 e. The highest BCUT2D eigenvalue weighted by Gasteiger charge is 2.05. The molecule has 1 atom stereocenters. The van der Waals surface area contributed by atoms with Gasteiger partial charge in [-0.25, -0.2) is 9.98 Å². The van der Waals surface area contributed by atoms with Crippen LogP contribution in [0, 0.1) is 13.8 Å². The van der Waals surface area contributed by atoms with E-state index in [1.165, 1.54) is 10.4 Å². The minimum Gasteiger partial charge on any atom is -0.489 e. The summed E-state index contributed by atoms with van der Waals surface area (Å²) in [6, 6.07) is 8.09. The molecule has 2 aromatic rings. The molecule has 0 aliphatic heterocycles. The number of aryl methyl sites for hydroxylation is 2. The van der Waals surface area contributed by atoms with Crippen LogP contribution in [-0.4, -0.2) is 36.7 Å². The Hall–Kier alpha value is -2.08. The van der Waals surface area contributed by atoms with E-state index in [0.29, 0.717) is 6.54 Å². The molecule has 2 rings (SSSR count). The number of aromatic nitrogens is 1. The van der Waals surface area contributed by atoms with Gasteiger partial charge in [0.05, 0.1) is 11.6 Å². The molecule has 0 saturated carbocycles. The fraction of sp³-hybridized carbons (Fsp3) is 0.474. The van der Waals surface area contributed by atoms with Crippen molar-refractivity contribution in [3.8, 4) is 5.75 Å². The van der Waals surface area contributed by atoms with Crippen molar-refractivity contribution in [2.75, 3.05) is 19.6 Å². The third kappa shape index (κ3) is 7.13. The number of benzene rings is 1.